The minimum Gasteiger partial charge on any atom is -0.480 e. The monoisotopic (exact) mass is 297 g/mol. The third kappa shape index (κ3) is 5.55. The van der Waals surface area contributed by atoms with Gasteiger partial charge in [0, 0.05) is 13.5 Å². The van der Waals surface area contributed by atoms with Crippen molar-refractivity contribution in [2.75, 3.05) is 7.05 Å². The number of aryl methyl sites for hydroxylation is 1. The van der Waals surface area contributed by atoms with Crippen molar-refractivity contribution in [3.8, 4) is 0 Å². The van der Waals surface area contributed by atoms with Crippen LogP contribution in [0.25, 0.3) is 0 Å². The maximum atomic E-state index is 11.9. The molecule has 0 bridgehead atoms. The van der Waals surface area contributed by atoms with Gasteiger partial charge < -0.3 is 25.5 Å². The molecule has 21 heavy (non-hydrogen) atoms. The molecule has 0 saturated carbocycles. The Bertz CT molecular complexity index is 526. The average Bonchev–Trinajstić information content (AvgIpc) is 2.78. The Kier molecular flexibility index (Phi) is 5.77. The first-order valence-electron chi connectivity index (χ1n) is 6.37. The molecule has 4 N–H and O–H groups in total. The number of nitrogens with zero attached hydrogens (tertiary/aromatic N) is 1. The lowest BCUT2D eigenvalue weighted by Crippen LogP contribution is -2.46. The first kappa shape index (κ1) is 16.5. The summed E-state index contributed by atoms with van der Waals surface area (Å²) in [6.45, 7) is 2.00. The second kappa shape index (κ2) is 7.32. The van der Waals surface area contributed by atoms with Crippen LogP contribution in [0.15, 0.2) is 16.5 Å². The fraction of sp³-hybridized carbons (Fsp3) is 0.462. The van der Waals surface area contributed by atoms with Crippen LogP contribution in [0.3, 0.4) is 0 Å². The van der Waals surface area contributed by atoms with Crippen LogP contribution < -0.4 is 11.1 Å². The fourth-order valence-electron chi connectivity index (χ4n) is 1.68. The molecule has 0 aliphatic heterocycles. The molecule has 3 amide bonds. The van der Waals surface area contributed by atoms with Crippen molar-refractivity contribution in [1.82, 2.24) is 10.2 Å². The van der Waals surface area contributed by atoms with Crippen molar-refractivity contribution in [1.29, 1.82) is 0 Å². The van der Waals surface area contributed by atoms with Gasteiger partial charge in [-0.1, -0.05) is 0 Å². The Labute approximate surface area is 121 Å². The normalized spacial score (nSPS) is 11.7. The Morgan fingerprint density at radius 2 is 2.10 bits per heavy atom. The summed E-state index contributed by atoms with van der Waals surface area (Å²) in [4.78, 5) is 34.9. The Morgan fingerprint density at radius 1 is 1.43 bits per heavy atom. The predicted octanol–water partition coefficient (Wildman–Crippen LogP) is 0.448. The SMILES string of the molecule is Cc1ccc(CN(C)C(=O)NC(CCC(N)=O)C(=O)O)o1. The summed E-state index contributed by atoms with van der Waals surface area (Å²) in [5.41, 5.74) is 4.97. The molecule has 0 saturated heterocycles. The summed E-state index contributed by atoms with van der Waals surface area (Å²) < 4.78 is 5.34. The molecule has 1 rings (SSSR count). The number of carboxylic acids is 1. The van der Waals surface area contributed by atoms with Crippen molar-refractivity contribution in [3.63, 3.8) is 0 Å². The minimum absolute atomic E-state index is 0.0515. The van der Waals surface area contributed by atoms with E-state index < -0.39 is 23.9 Å². The van der Waals surface area contributed by atoms with Gasteiger partial charge in [0.2, 0.25) is 5.91 Å². The standard InChI is InChI=1S/C13H19N3O5/c1-8-3-4-9(21-8)7-16(2)13(20)15-10(12(18)19)5-6-11(14)17/h3-4,10H,5-7H2,1-2H3,(H2,14,17)(H,15,20)(H,18,19). The predicted molar refractivity (Wildman–Crippen MR) is 73.3 cm³/mol. The molecule has 8 nitrogen and oxygen atoms in total. The van der Waals surface area contributed by atoms with Crippen LogP contribution in [0.1, 0.15) is 24.4 Å². The third-order valence-corrected chi connectivity index (χ3v) is 2.81. The zero-order valence-corrected chi connectivity index (χ0v) is 12.0. The summed E-state index contributed by atoms with van der Waals surface area (Å²) in [5.74, 6) is -0.514. The first-order valence-corrected chi connectivity index (χ1v) is 6.37. The second-order valence-electron chi connectivity index (χ2n) is 4.71. The quantitative estimate of drug-likeness (QED) is 0.673. The number of carbonyl (C=O) groups is 3. The number of nitrogens with one attached hydrogen (secondary N) is 1. The van der Waals surface area contributed by atoms with Crippen LogP contribution >= 0.6 is 0 Å². The number of carboxylic acid groups (broad SMARTS) is 1. The third-order valence-electron chi connectivity index (χ3n) is 2.81. The summed E-state index contributed by atoms with van der Waals surface area (Å²) in [6.07, 6.45) is -0.164. The van der Waals surface area contributed by atoms with Gasteiger partial charge in [0.15, 0.2) is 0 Å². The molecule has 0 aromatic carbocycles. The summed E-state index contributed by atoms with van der Waals surface area (Å²) in [7, 11) is 1.51. The zero-order chi connectivity index (χ0) is 16.0. The van der Waals surface area contributed by atoms with Gasteiger partial charge in [-0.25, -0.2) is 9.59 Å². The van der Waals surface area contributed by atoms with Gasteiger partial charge in [0.1, 0.15) is 17.6 Å². The molecule has 0 aliphatic rings. The molecule has 1 aromatic heterocycles. The zero-order valence-electron chi connectivity index (χ0n) is 12.0. The average molecular weight is 297 g/mol. The molecule has 0 spiro atoms. The molecule has 1 atom stereocenters. The lowest BCUT2D eigenvalue weighted by Gasteiger charge is -2.20. The number of rotatable bonds is 7. The van der Waals surface area contributed by atoms with Crippen LogP contribution in [0.2, 0.25) is 0 Å². The van der Waals surface area contributed by atoms with Crippen molar-refractivity contribution in [2.45, 2.75) is 32.4 Å². The largest absolute Gasteiger partial charge is 0.480 e. The van der Waals surface area contributed by atoms with Crippen molar-refractivity contribution >= 4 is 17.9 Å². The van der Waals surface area contributed by atoms with Gasteiger partial charge in [0.25, 0.3) is 0 Å². The van der Waals surface area contributed by atoms with E-state index in [1.54, 1.807) is 19.1 Å². The molecular formula is C13H19N3O5. The summed E-state index contributed by atoms with van der Waals surface area (Å²) in [6, 6.07) is 1.78. The highest BCUT2D eigenvalue weighted by molar-refractivity contribution is 5.83. The van der Waals surface area contributed by atoms with Crippen LogP contribution in [0, 0.1) is 6.92 Å². The molecule has 0 aliphatic carbocycles. The van der Waals surface area contributed by atoms with E-state index in [-0.39, 0.29) is 19.4 Å². The van der Waals surface area contributed by atoms with E-state index in [9.17, 15) is 14.4 Å². The van der Waals surface area contributed by atoms with Crippen LogP contribution in [-0.2, 0) is 16.1 Å². The topological polar surface area (TPSA) is 126 Å². The van der Waals surface area contributed by atoms with Gasteiger partial charge in [-0.15, -0.1) is 0 Å². The number of aliphatic carboxylic acids is 1. The number of carbonyl (C=O) groups excluding carboxylic acids is 2. The van der Waals surface area contributed by atoms with Crippen molar-refractivity contribution in [3.05, 3.63) is 23.7 Å². The van der Waals surface area contributed by atoms with E-state index in [0.29, 0.717) is 5.76 Å². The van der Waals surface area contributed by atoms with Crippen molar-refractivity contribution in [2.24, 2.45) is 5.73 Å². The smallest absolute Gasteiger partial charge is 0.326 e. The Balaban J connectivity index is 2.55. The summed E-state index contributed by atoms with van der Waals surface area (Å²) in [5, 5.41) is 11.3. The van der Waals surface area contributed by atoms with E-state index in [0.717, 1.165) is 5.76 Å². The number of hydrogen-bond donors (Lipinski definition) is 3. The van der Waals surface area contributed by atoms with Gasteiger partial charge in [0.05, 0.1) is 6.54 Å². The highest BCUT2D eigenvalue weighted by atomic mass is 16.4. The molecule has 8 heteroatoms. The van der Waals surface area contributed by atoms with Gasteiger partial charge in [-0.2, -0.15) is 0 Å². The van der Waals surface area contributed by atoms with Crippen molar-refractivity contribution < 1.29 is 23.9 Å². The molecule has 116 valence electrons. The molecule has 0 fully saturated rings. The van der Waals surface area contributed by atoms with E-state index >= 15 is 0 Å². The van der Waals surface area contributed by atoms with Gasteiger partial charge >= 0.3 is 12.0 Å². The second-order valence-corrected chi connectivity index (χ2v) is 4.71. The fourth-order valence-corrected chi connectivity index (χ4v) is 1.68. The number of urea groups is 1. The van der Waals surface area contributed by atoms with Gasteiger partial charge in [-0.05, 0) is 25.5 Å². The lowest BCUT2D eigenvalue weighted by atomic mass is 10.1. The Morgan fingerprint density at radius 3 is 2.57 bits per heavy atom. The lowest BCUT2D eigenvalue weighted by molar-refractivity contribution is -0.139. The number of furan rings is 1. The first-order chi connectivity index (χ1) is 9.79. The highest BCUT2D eigenvalue weighted by Crippen LogP contribution is 2.09. The van der Waals surface area contributed by atoms with E-state index in [1.165, 1.54) is 11.9 Å². The van der Waals surface area contributed by atoms with E-state index in [1.807, 2.05) is 0 Å². The Hall–Kier alpha value is -2.51. The molecule has 1 aromatic rings. The number of nitrogens with two attached hydrogens (primary N) is 1. The van der Waals surface area contributed by atoms with Crippen LogP contribution in [0.4, 0.5) is 4.79 Å². The molecule has 1 heterocycles. The number of primary amides is 1. The molecule has 1 unspecified atom stereocenters. The molecular weight excluding hydrogens is 278 g/mol. The maximum absolute atomic E-state index is 11.9. The molecule has 0 radical (unpaired) electrons. The summed E-state index contributed by atoms with van der Waals surface area (Å²) >= 11 is 0. The number of amides is 3. The maximum Gasteiger partial charge on any atom is 0.326 e. The highest BCUT2D eigenvalue weighted by Gasteiger charge is 2.22. The number of hydrogen-bond acceptors (Lipinski definition) is 4. The van der Waals surface area contributed by atoms with E-state index in [2.05, 4.69) is 5.32 Å². The van der Waals surface area contributed by atoms with Crippen LogP contribution in [-0.4, -0.2) is 41.0 Å². The minimum atomic E-state index is -1.22. The van der Waals surface area contributed by atoms with E-state index in [4.69, 9.17) is 15.3 Å². The van der Waals surface area contributed by atoms with Gasteiger partial charge in [-0.3, -0.25) is 4.79 Å². The van der Waals surface area contributed by atoms with Crippen LogP contribution in [0.5, 0.6) is 0 Å².